The van der Waals surface area contributed by atoms with Crippen LogP contribution in [0.25, 0.3) is 11.1 Å². The van der Waals surface area contributed by atoms with E-state index in [0.717, 1.165) is 17.5 Å². The molecular formula is C24H23NO4. The van der Waals surface area contributed by atoms with Crippen LogP contribution in [0.2, 0.25) is 0 Å². The highest BCUT2D eigenvalue weighted by Crippen LogP contribution is 2.22. The minimum atomic E-state index is -0.405. The van der Waals surface area contributed by atoms with E-state index in [1.165, 1.54) is 0 Å². The molecule has 0 atom stereocenters. The molecule has 0 heterocycles. The average Bonchev–Trinajstić information content (AvgIpc) is 2.77. The predicted octanol–water partition coefficient (Wildman–Crippen LogP) is 4.94. The zero-order valence-corrected chi connectivity index (χ0v) is 16.3. The molecule has 0 spiro atoms. The van der Waals surface area contributed by atoms with Gasteiger partial charge in [-0.25, -0.2) is 4.79 Å². The largest absolute Gasteiger partial charge is 0.484 e. The van der Waals surface area contributed by atoms with Crippen molar-refractivity contribution < 1.29 is 19.1 Å². The molecular weight excluding hydrogens is 366 g/mol. The van der Waals surface area contributed by atoms with E-state index >= 15 is 0 Å². The van der Waals surface area contributed by atoms with Gasteiger partial charge in [-0.15, -0.1) is 0 Å². The van der Waals surface area contributed by atoms with E-state index in [4.69, 9.17) is 9.47 Å². The Balaban J connectivity index is 1.53. The Bertz CT molecular complexity index is 952. The van der Waals surface area contributed by atoms with Gasteiger partial charge in [-0.05, 0) is 47.9 Å². The van der Waals surface area contributed by atoms with Crippen LogP contribution in [0.1, 0.15) is 23.7 Å². The van der Waals surface area contributed by atoms with Crippen molar-refractivity contribution in [2.75, 3.05) is 18.5 Å². The van der Waals surface area contributed by atoms with Crippen molar-refractivity contribution in [1.82, 2.24) is 0 Å². The van der Waals surface area contributed by atoms with Gasteiger partial charge in [0.15, 0.2) is 6.61 Å². The van der Waals surface area contributed by atoms with Gasteiger partial charge in [-0.2, -0.15) is 0 Å². The Morgan fingerprint density at radius 1 is 0.862 bits per heavy atom. The molecule has 0 aliphatic heterocycles. The number of carbonyl (C=O) groups is 2. The average molecular weight is 389 g/mol. The number of esters is 1. The van der Waals surface area contributed by atoms with Gasteiger partial charge < -0.3 is 14.8 Å². The first-order valence-corrected chi connectivity index (χ1v) is 9.51. The smallest absolute Gasteiger partial charge is 0.338 e. The van der Waals surface area contributed by atoms with E-state index in [1.54, 1.807) is 24.3 Å². The summed E-state index contributed by atoms with van der Waals surface area (Å²) in [6.07, 6.45) is 0.756. The molecule has 1 amide bonds. The van der Waals surface area contributed by atoms with Crippen LogP contribution in [0.5, 0.6) is 5.75 Å². The van der Waals surface area contributed by atoms with Crippen LogP contribution in [0.3, 0.4) is 0 Å². The molecule has 0 aliphatic rings. The molecule has 5 heteroatoms. The maximum Gasteiger partial charge on any atom is 0.338 e. The summed E-state index contributed by atoms with van der Waals surface area (Å²) in [5.41, 5.74) is 3.11. The second-order valence-electron chi connectivity index (χ2n) is 6.44. The molecule has 1 N–H and O–H groups in total. The number of ether oxygens (including phenoxy) is 2. The van der Waals surface area contributed by atoms with Crippen LogP contribution < -0.4 is 10.1 Å². The van der Waals surface area contributed by atoms with Gasteiger partial charge in [0.25, 0.3) is 5.91 Å². The number of hydrogen-bond donors (Lipinski definition) is 1. The van der Waals surface area contributed by atoms with Crippen molar-refractivity contribution >= 4 is 17.6 Å². The van der Waals surface area contributed by atoms with E-state index in [1.807, 2.05) is 61.5 Å². The Kier molecular flexibility index (Phi) is 7.00. The van der Waals surface area contributed by atoms with E-state index in [2.05, 4.69) is 5.32 Å². The monoisotopic (exact) mass is 389 g/mol. The minimum Gasteiger partial charge on any atom is -0.484 e. The third-order valence-corrected chi connectivity index (χ3v) is 4.15. The first-order chi connectivity index (χ1) is 14.2. The Labute approximate surface area is 170 Å². The summed E-state index contributed by atoms with van der Waals surface area (Å²) in [6, 6.07) is 24.2. The highest BCUT2D eigenvalue weighted by Gasteiger charge is 2.09. The Morgan fingerprint density at radius 2 is 1.59 bits per heavy atom. The lowest BCUT2D eigenvalue weighted by Crippen LogP contribution is -2.20. The minimum absolute atomic E-state index is 0.130. The van der Waals surface area contributed by atoms with Gasteiger partial charge >= 0.3 is 5.97 Å². The summed E-state index contributed by atoms with van der Waals surface area (Å²) in [7, 11) is 0. The first kappa shape index (κ1) is 20.1. The molecule has 0 bridgehead atoms. The van der Waals surface area contributed by atoms with Crippen molar-refractivity contribution in [3.8, 4) is 16.9 Å². The lowest BCUT2D eigenvalue weighted by atomic mass is 10.1. The Morgan fingerprint density at radius 3 is 2.31 bits per heavy atom. The van der Waals surface area contributed by atoms with Crippen LogP contribution in [0, 0.1) is 0 Å². The third-order valence-electron chi connectivity index (χ3n) is 4.15. The first-order valence-electron chi connectivity index (χ1n) is 9.51. The molecule has 0 aromatic heterocycles. The summed E-state index contributed by atoms with van der Waals surface area (Å²) in [6.45, 7) is 2.17. The SMILES string of the molecule is CCCOC(=O)c1cccc(NC(=O)COc2ccc(-c3ccccc3)cc2)c1. The number of anilines is 1. The number of hydrogen-bond acceptors (Lipinski definition) is 4. The number of rotatable bonds is 8. The Hall–Kier alpha value is -3.60. The van der Waals surface area contributed by atoms with E-state index in [-0.39, 0.29) is 12.5 Å². The third kappa shape index (κ3) is 5.94. The molecule has 0 radical (unpaired) electrons. The topological polar surface area (TPSA) is 64.6 Å². The fraction of sp³-hybridized carbons (Fsp3) is 0.167. The molecule has 0 aliphatic carbocycles. The summed E-state index contributed by atoms with van der Waals surface area (Å²) in [4.78, 5) is 24.1. The van der Waals surface area contributed by atoms with Crippen molar-refractivity contribution in [1.29, 1.82) is 0 Å². The molecule has 5 nitrogen and oxygen atoms in total. The van der Waals surface area contributed by atoms with Gasteiger partial charge in [0.2, 0.25) is 0 Å². The van der Waals surface area contributed by atoms with Crippen molar-refractivity contribution in [3.05, 3.63) is 84.4 Å². The highest BCUT2D eigenvalue weighted by molar-refractivity contribution is 5.95. The molecule has 0 fully saturated rings. The normalized spacial score (nSPS) is 10.2. The number of amides is 1. The van der Waals surface area contributed by atoms with Crippen LogP contribution in [0.4, 0.5) is 5.69 Å². The van der Waals surface area contributed by atoms with Gasteiger partial charge in [0.1, 0.15) is 5.75 Å². The van der Waals surface area contributed by atoms with Crippen molar-refractivity contribution in [3.63, 3.8) is 0 Å². The molecule has 148 valence electrons. The molecule has 3 aromatic rings. The van der Waals surface area contributed by atoms with Crippen LogP contribution in [-0.2, 0) is 9.53 Å². The predicted molar refractivity (Wildman–Crippen MR) is 113 cm³/mol. The van der Waals surface area contributed by atoms with Gasteiger partial charge in [-0.1, -0.05) is 55.5 Å². The molecule has 3 rings (SSSR count). The quantitative estimate of drug-likeness (QED) is 0.554. The van der Waals surface area contributed by atoms with Crippen LogP contribution >= 0.6 is 0 Å². The zero-order chi connectivity index (χ0) is 20.5. The highest BCUT2D eigenvalue weighted by atomic mass is 16.5. The van der Waals surface area contributed by atoms with Gasteiger partial charge in [0.05, 0.1) is 12.2 Å². The molecule has 29 heavy (non-hydrogen) atoms. The zero-order valence-electron chi connectivity index (χ0n) is 16.3. The number of nitrogens with one attached hydrogen (secondary N) is 1. The maximum atomic E-state index is 12.2. The van der Waals surface area contributed by atoms with E-state index < -0.39 is 5.97 Å². The van der Waals surface area contributed by atoms with Crippen molar-refractivity contribution in [2.24, 2.45) is 0 Å². The molecule has 0 saturated carbocycles. The fourth-order valence-electron chi connectivity index (χ4n) is 2.72. The number of carbonyl (C=O) groups excluding carboxylic acids is 2. The van der Waals surface area contributed by atoms with Crippen LogP contribution in [-0.4, -0.2) is 25.1 Å². The molecule has 0 saturated heterocycles. The second kappa shape index (κ2) is 10.1. The van der Waals surface area contributed by atoms with Crippen LogP contribution in [0.15, 0.2) is 78.9 Å². The van der Waals surface area contributed by atoms with E-state index in [0.29, 0.717) is 23.6 Å². The summed E-state index contributed by atoms with van der Waals surface area (Å²) < 4.78 is 10.7. The summed E-state index contributed by atoms with van der Waals surface area (Å²) >= 11 is 0. The molecule has 0 unspecified atom stereocenters. The second-order valence-corrected chi connectivity index (χ2v) is 6.44. The lowest BCUT2D eigenvalue weighted by Gasteiger charge is -2.09. The summed E-state index contributed by atoms with van der Waals surface area (Å²) in [5, 5.41) is 2.73. The van der Waals surface area contributed by atoms with E-state index in [9.17, 15) is 9.59 Å². The van der Waals surface area contributed by atoms with Gasteiger partial charge in [0, 0.05) is 5.69 Å². The maximum absolute atomic E-state index is 12.2. The van der Waals surface area contributed by atoms with Crippen molar-refractivity contribution in [2.45, 2.75) is 13.3 Å². The fourth-order valence-corrected chi connectivity index (χ4v) is 2.72. The van der Waals surface area contributed by atoms with Gasteiger partial charge in [-0.3, -0.25) is 4.79 Å². The molecule has 3 aromatic carbocycles. The lowest BCUT2D eigenvalue weighted by molar-refractivity contribution is -0.118. The number of benzene rings is 3. The standard InChI is InChI=1S/C24H23NO4/c1-2-15-28-24(27)20-9-6-10-21(16-20)25-23(26)17-29-22-13-11-19(12-14-22)18-7-4-3-5-8-18/h3-14,16H,2,15,17H2,1H3,(H,25,26). The summed E-state index contributed by atoms with van der Waals surface area (Å²) in [5.74, 6) is -0.106.